The topological polar surface area (TPSA) is 29.5 Å². The van der Waals surface area contributed by atoms with Crippen LogP contribution in [0.3, 0.4) is 0 Å². The van der Waals surface area contributed by atoms with Crippen molar-refractivity contribution >= 4 is 40.5 Å². The number of anilines is 1. The number of amides is 1. The Morgan fingerprint density at radius 3 is 2.68 bits per heavy atom. The molecule has 0 unspecified atom stereocenters. The van der Waals surface area contributed by atoms with E-state index in [1.54, 1.807) is 3.11 Å². The highest BCUT2D eigenvalue weighted by molar-refractivity contribution is 14.1. The van der Waals surface area contributed by atoms with Gasteiger partial charge in [0.05, 0.1) is 28.6 Å². The zero-order chi connectivity index (χ0) is 15.5. The van der Waals surface area contributed by atoms with Crippen LogP contribution in [0.1, 0.15) is 23.1 Å². The third kappa shape index (κ3) is 3.16. The van der Waals surface area contributed by atoms with Crippen molar-refractivity contribution in [3.05, 3.63) is 65.7 Å². The fraction of sp³-hybridized carbons (Fsp3) is 0.167. The molecule has 0 aromatic heterocycles. The SMILES string of the molecule is C=Cc1ccc(COc2ccc3c(c2)CCC(=O)N3I)cc1. The van der Waals surface area contributed by atoms with Gasteiger partial charge >= 0.3 is 0 Å². The van der Waals surface area contributed by atoms with Crippen LogP contribution in [0, 0.1) is 0 Å². The summed E-state index contributed by atoms with van der Waals surface area (Å²) in [5.74, 6) is 0.995. The summed E-state index contributed by atoms with van der Waals surface area (Å²) in [6.45, 7) is 4.28. The van der Waals surface area contributed by atoms with E-state index in [9.17, 15) is 4.79 Å². The smallest absolute Gasteiger partial charge is 0.236 e. The molecule has 0 spiro atoms. The molecule has 1 aliphatic heterocycles. The van der Waals surface area contributed by atoms with E-state index in [1.807, 2.05) is 48.5 Å². The lowest BCUT2D eigenvalue weighted by Crippen LogP contribution is -2.25. The van der Waals surface area contributed by atoms with Gasteiger partial charge in [-0.25, -0.2) is 0 Å². The molecular formula is C18H16INO2. The van der Waals surface area contributed by atoms with Crippen LogP contribution in [0.4, 0.5) is 5.69 Å². The lowest BCUT2D eigenvalue weighted by molar-refractivity contribution is -0.117. The molecule has 0 bridgehead atoms. The first-order valence-corrected chi connectivity index (χ1v) is 8.10. The molecule has 1 amide bonds. The van der Waals surface area contributed by atoms with Crippen molar-refractivity contribution in [3.63, 3.8) is 0 Å². The highest BCUT2D eigenvalue weighted by atomic mass is 127. The Balaban J connectivity index is 1.70. The quantitative estimate of drug-likeness (QED) is 0.552. The molecule has 0 saturated carbocycles. The van der Waals surface area contributed by atoms with Crippen molar-refractivity contribution in [3.8, 4) is 5.75 Å². The van der Waals surface area contributed by atoms with Crippen molar-refractivity contribution in [1.82, 2.24) is 0 Å². The molecule has 0 radical (unpaired) electrons. The number of hydrogen-bond donors (Lipinski definition) is 0. The van der Waals surface area contributed by atoms with Gasteiger partial charge in [-0.1, -0.05) is 36.9 Å². The molecule has 4 heteroatoms. The summed E-state index contributed by atoms with van der Waals surface area (Å²) in [5, 5.41) is 0. The van der Waals surface area contributed by atoms with Crippen molar-refractivity contribution in [2.45, 2.75) is 19.4 Å². The molecule has 22 heavy (non-hydrogen) atoms. The van der Waals surface area contributed by atoms with E-state index in [1.165, 1.54) is 0 Å². The van der Waals surface area contributed by atoms with Crippen LogP contribution in [-0.4, -0.2) is 5.91 Å². The lowest BCUT2D eigenvalue weighted by Gasteiger charge is -2.24. The minimum absolute atomic E-state index is 0.157. The van der Waals surface area contributed by atoms with E-state index in [0.29, 0.717) is 13.0 Å². The van der Waals surface area contributed by atoms with E-state index in [4.69, 9.17) is 4.74 Å². The minimum Gasteiger partial charge on any atom is -0.489 e. The number of benzene rings is 2. The first-order valence-electron chi connectivity index (χ1n) is 7.13. The van der Waals surface area contributed by atoms with E-state index >= 15 is 0 Å². The van der Waals surface area contributed by atoms with Gasteiger partial charge in [0.25, 0.3) is 0 Å². The van der Waals surface area contributed by atoms with Crippen LogP contribution < -0.4 is 7.85 Å². The van der Waals surface area contributed by atoms with Crippen LogP contribution in [0.5, 0.6) is 5.75 Å². The van der Waals surface area contributed by atoms with Crippen molar-refractivity contribution in [1.29, 1.82) is 0 Å². The second-order valence-corrected chi connectivity index (χ2v) is 6.16. The van der Waals surface area contributed by atoms with Crippen molar-refractivity contribution < 1.29 is 9.53 Å². The molecule has 0 fully saturated rings. The predicted molar refractivity (Wildman–Crippen MR) is 97.1 cm³/mol. The molecule has 1 aliphatic rings. The Hall–Kier alpha value is -1.82. The van der Waals surface area contributed by atoms with E-state index in [-0.39, 0.29) is 5.91 Å². The number of ether oxygens (including phenoxy) is 1. The van der Waals surface area contributed by atoms with Gasteiger partial charge in [-0.05, 0) is 41.3 Å². The Morgan fingerprint density at radius 1 is 1.18 bits per heavy atom. The summed E-state index contributed by atoms with van der Waals surface area (Å²) < 4.78 is 7.55. The fourth-order valence-corrected chi connectivity index (χ4v) is 3.15. The van der Waals surface area contributed by atoms with Gasteiger partial charge < -0.3 is 4.74 Å². The summed E-state index contributed by atoms with van der Waals surface area (Å²) in [7, 11) is 0. The predicted octanol–water partition coefficient (Wildman–Crippen LogP) is 4.54. The highest BCUT2D eigenvalue weighted by Crippen LogP contribution is 2.33. The number of carbonyl (C=O) groups is 1. The van der Waals surface area contributed by atoms with Gasteiger partial charge in [0.1, 0.15) is 12.4 Å². The van der Waals surface area contributed by atoms with Gasteiger partial charge in [-0.2, -0.15) is 0 Å². The third-order valence-electron chi connectivity index (χ3n) is 3.71. The van der Waals surface area contributed by atoms with Crippen LogP contribution >= 0.6 is 22.9 Å². The molecule has 0 aliphatic carbocycles. The monoisotopic (exact) mass is 405 g/mol. The molecule has 0 N–H and O–H groups in total. The molecule has 3 nitrogen and oxygen atoms in total. The average Bonchev–Trinajstić information content (AvgIpc) is 2.57. The van der Waals surface area contributed by atoms with Crippen LogP contribution in [0.2, 0.25) is 0 Å². The second kappa shape index (κ2) is 6.52. The van der Waals surface area contributed by atoms with E-state index < -0.39 is 0 Å². The molecule has 3 rings (SSSR count). The summed E-state index contributed by atoms with van der Waals surface area (Å²) in [6.07, 6.45) is 3.16. The number of aryl methyl sites for hydroxylation is 1. The summed E-state index contributed by atoms with van der Waals surface area (Å²) in [6, 6.07) is 14.0. The van der Waals surface area contributed by atoms with Crippen LogP contribution in [-0.2, 0) is 17.8 Å². The number of carbonyl (C=O) groups excluding carboxylic acids is 1. The van der Waals surface area contributed by atoms with Gasteiger partial charge in [0.15, 0.2) is 0 Å². The molecule has 112 valence electrons. The van der Waals surface area contributed by atoms with Gasteiger partial charge in [-0.3, -0.25) is 7.91 Å². The lowest BCUT2D eigenvalue weighted by atomic mass is 10.0. The largest absolute Gasteiger partial charge is 0.489 e. The average molecular weight is 405 g/mol. The third-order valence-corrected chi connectivity index (χ3v) is 4.77. The maximum absolute atomic E-state index is 11.7. The highest BCUT2D eigenvalue weighted by Gasteiger charge is 2.22. The van der Waals surface area contributed by atoms with Crippen molar-refractivity contribution in [2.24, 2.45) is 0 Å². The van der Waals surface area contributed by atoms with Gasteiger partial charge in [0.2, 0.25) is 5.91 Å². The molecular weight excluding hydrogens is 389 g/mol. The minimum atomic E-state index is 0.157. The zero-order valence-electron chi connectivity index (χ0n) is 12.1. The van der Waals surface area contributed by atoms with Gasteiger partial charge in [-0.15, -0.1) is 0 Å². The van der Waals surface area contributed by atoms with Crippen LogP contribution in [0.15, 0.2) is 49.0 Å². The summed E-state index contributed by atoms with van der Waals surface area (Å²) in [5.41, 5.74) is 4.35. The molecule has 2 aromatic carbocycles. The standard InChI is InChI=1S/C18H16INO2/c1-2-13-3-5-14(6-4-13)12-22-16-8-9-17-15(11-16)7-10-18(21)20(17)19/h2-6,8-9,11H,1,7,10,12H2. The Morgan fingerprint density at radius 2 is 1.95 bits per heavy atom. The Labute approximate surface area is 144 Å². The molecule has 1 heterocycles. The number of nitrogens with zero attached hydrogens (tertiary/aromatic N) is 1. The molecule has 0 saturated heterocycles. The number of fused-ring (bicyclic) bond motifs is 1. The van der Waals surface area contributed by atoms with E-state index in [2.05, 4.69) is 29.4 Å². The molecule has 0 atom stereocenters. The maximum Gasteiger partial charge on any atom is 0.236 e. The van der Waals surface area contributed by atoms with Crippen LogP contribution in [0.25, 0.3) is 6.08 Å². The first-order chi connectivity index (χ1) is 10.7. The fourth-order valence-electron chi connectivity index (χ4n) is 2.43. The van der Waals surface area contributed by atoms with Crippen molar-refractivity contribution in [2.75, 3.05) is 3.11 Å². The van der Waals surface area contributed by atoms with E-state index in [0.717, 1.165) is 34.5 Å². The Kier molecular flexibility index (Phi) is 4.47. The normalized spacial score (nSPS) is 13.7. The number of hydrogen-bond acceptors (Lipinski definition) is 2. The van der Waals surface area contributed by atoms with Gasteiger partial charge in [0, 0.05) is 6.42 Å². The maximum atomic E-state index is 11.7. The zero-order valence-corrected chi connectivity index (χ0v) is 14.2. The Bertz CT molecular complexity index is 710. The first kappa shape index (κ1) is 15.1. The summed E-state index contributed by atoms with van der Waals surface area (Å²) >= 11 is 2.06. The molecule has 2 aromatic rings. The summed E-state index contributed by atoms with van der Waals surface area (Å²) in [4.78, 5) is 11.7. The number of halogens is 1. The number of rotatable bonds is 4. The second-order valence-electron chi connectivity index (χ2n) is 5.20.